The zero-order valence-electron chi connectivity index (χ0n) is 18.8. The van der Waals surface area contributed by atoms with Crippen LogP contribution in [0.3, 0.4) is 0 Å². The predicted molar refractivity (Wildman–Crippen MR) is 105 cm³/mol. The molecule has 0 bridgehead atoms. The average molecular weight is 421 g/mol. The van der Waals surface area contributed by atoms with Crippen LogP contribution < -0.4 is 0 Å². The molecule has 0 aromatic heterocycles. The summed E-state index contributed by atoms with van der Waals surface area (Å²) >= 11 is 0. The minimum atomic E-state index is -1.22. The number of hydrogen-bond donors (Lipinski definition) is 1. The highest BCUT2D eigenvalue weighted by molar-refractivity contribution is 5.78. The number of aliphatic hydroxyl groups excluding tert-OH is 1. The van der Waals surface area contributed by atoms with Crippen molar-refractivity contribution in [1.29, 1.82) is 0 Å². The van der Waals surface area contributed by atoms with Gasteiger partial charge >= 0.3 is 18.2 Å². The molecule has 0 rings (SSSR count). The number of ether oxygens (including phenoxy) is 2. The third-order valence-electron chi connectivity index (χ3n) is 3.29. The summed E-state index contributed by atoms with van der Waals surface area (Å²) in [6, 6.07) is 0. The molecule has 0 radical (unpaired) electrons. The molecule has 170 valence electrons. The van der Waals surface area contributed by atoms with Gasteiger partial charge in [0, 0.05) is 33.8 Å². The number of nitrogens with zero attached hydrogens (tertiary/aromatic N) is 2. The maximum Gasteiger partial charge on any atom is 0.410 e. The lowest BCUT2D eigenvalue weighted by molar-refractivity contribution is -0.324. The first kappa shape index (κ1) is 26.9. The molecule has 0 aliphatic heterocycles. The van der Waals surface area contributed by atoms with Crippen molar-refractivity contribution in [3.05, 3.63) is 0 Å². The summed E-state index contributed by atoms with van der Waals surface area (Å²) < 4.78 is 10.4. The van der Waals surface area contributed by atoms with Gasteiger partial charge in [-0.15, -0.1) is 0 Å². The topological polar surface area (TPSA) is 115 Å². The number of aliphatic hydroxyl groups is 1. The molecule has 0 fully saturated rings. The SMILES string of the molecule is CN(CCN(C)C(=O)OC(C)(C)C)C(=O)O[C@@H](CCCO)C(=O)OOC(C)(C)C. The molecule has 10 nitrogen and oxygen atoms in total. The predicted octanol–water partition coefficient (Wildman–Crippen LogP) is 2.34. The highest BCUT2D eigenvalue weighted by atomic mass is 17.2. The Morgan fingerprint density at radius 1 is 0.897 bits per heavy atom. The highest BCUT2D eigenvalue weighted by Crippen LogP contribution is 2.13. The molecule has 0 aliphatic carbocycles. The molecule has 10 heteroatoms. The van der Waals surface area contributed by atoms with Gasteiger partial charge in [0.1, 0.15) is 11.2 Å². The summed E-state index contributed by atoms with van der Waals surface area (Å²) in [4.78, 5) is 48.7. The molecule has 0 aliphatic rings. The van der Waals surface area contributed by atoms with Crippen LogP contribution in [0.15, 0.2) is 0 Å². The first-order chi connectivity index (χ1) is 13.2. The lowest BCUT2D eigenvalue weighted by Gasteiger charge is -2.26. The van der Waals surface area contributed by atoms with Gasteiger partial charge in [-0.2, -0.15) is 4.89 Å². The van der Waals surface area contributed by atoms with Crippen LogP contribution in [0.4, 0.5) is 9.59 Å². The fourth-order valence-corrected chi connectivity index (χ4v) is 1.76. The van der Waals surface area contributed by atoms with Crippen molar-refractivity contribution in [3.63, 3.8) is 0 Å². The normalized spacial score (nSPS) is 12.7. The quantitative estimate of drug-likeness (QED) is 0.446. The third-order valence-corrected chi connectivity index (χ3v) is 3.29. The minimum Gasteiger partial charge on any atom is -0.444 e. The van der Waals surface area contributed by atoms with Crippen molar-refractivity contribution >= 4 is 18.2 Å². The molecule has 0 saturated heterocycles. The largest absolute Gasteiger partial charge is 0.444 e. The van der Waals surface area contributed by atoms with Crippen LogP contribution in [0.1, 0.15) is 54.4 Å². The minimum absolute atomic E-state index is 0.0836. The Labute approximate surface area is 172 Å². The number of rotatable bonds is 9. The number of hydrogen-bond acceptors (Lipinski definition) is 8. The van der Waals surface area contributed by atoms with E-state index in [9.17, 15) is 14.4 Å². The fraction of sp³-hybridized carbons (Fsp3) is 0.842. The van der Waals surface area contributed by atoms with Crippen molar-refractivity contribution in [2.45, 2.75) is 71.7 Å². The van der Waals surface area contributed by atoms with Crippen molar-refractivity contribution in [1.82, 2.24) is 9.80 Å². The standard InChI is InChI=1S/C19H36N2O8/c1-18(2,3)27-17(25)21(8)12-11-20(7)16(24)26-14(10-9-13-22)15(23)28-29-19(4,5)6/h14,22H,9-13H2,1-8H3/t14-/m0/s1. The summed E-state index contributed by atoms with van der Waals surface area (Å²) in [7, 11) is 3.03. The zero-order valence-corrected chi connectivity index (χ0v) is 18.8. The molecule has 1 N–H and O–H groups in total. The van der Waals surface area contributed by atoms with Crippen molar-refractivity contribution in [3.8, 4) is 0 Å². The van der Waals surface area contributed by atoms with E-state index in [2.05, 4.69) is 0 Å². The van der Waals surface area contributed by atoms with Gasteiger partial charge in [0.05, 0.1) is 0 Å². The molecule has 0 aromatic rings. The molecule has 0 unspecified atom stereocenters. The Bertz CT molecular complexity index is 539. The van der Waals surface area contributed by atoms with Gasteiger partial charge < -0.3 is 24.4 Å². The second kappa shape index (κ2) is 11.8. The smallest absolute Gasteiger partial charge is 0.410 e. The van der Waals surface area contributed by atoms with Crippen LogP contribution in [-0.2, 0) is 24.0 Å². The monoisotopic (exact) mass is 420 g/mol. The lowest BCUT2D eigenvalue weighted by Crippen LogP contribution is -2.41. The zero-order chi connectivity index (χ0) is 22.8. The molecule has 29 heavy (non-hydrogen) atoms. The molecule has 0 saturated carbocycles. The number of carbonyl (C=O) groups excluding carboxylic acids is 3. The van der Waals surface area contributed by atoms with Gasteiger partial charge in [0.15, 0.2) is 0 Å². The summed E-state index contributed by atoms with van der Waals surface area (Å²) in [6.07, 6.45) is -2.17. The van der Waals surface area contributed by atoms with E-state index in [0.717, 1.165) is 0 Å². The van der Waals surface area contributed by atoms with Gasteiger partial charge in [-0.05, 0) is 54.4 Å². The maximum absolute atomic E-state index is 12.3. The van der Waals surface area contributed by atoms with Crippen LogP contribution in [0.5, 0.6) is 0 Å². The van der Waals surface area contributed by atoms with E-state index in [1.165, 1.54) is 16.8 Å². The molecule has 0 aromatic carbocycles. The van der Waals surface area contributed by atoms with E-state index in [1.807, 2.05) is 0 Å². The highest BCUT2D eigenvalue weighted by Gasteiger charge is 2.29. The third kappa shape index (κ3) is 12.9. The fourth-order valence-electron chi connectivity index (χ4n) is 1.76. The maximum atomic E-state index is 12.3. The Hall–Kier alpha value is -2.07. The van der Waals surface area contributed by atoms with Crippen LogP contribution in [0.2, 0.25) is 0 Å². The van der Waals surface area contributed by atoms with E-state index in [4.69, 9.17) is 24.4 Å². The van der Waals surface area contributed by atoms with Crippen LogP contribution >= 0.6 is 0 Å². The van der Waals surface area contributed by atoms with E-state index >= 15 is 0 Å². The Morgan fingerprint density at radius 3 is 1.86 bits per heavy atom. The molecular formula is C19H36N2O8. The van der Waals surface area contributed by atoms with Crippen LogP contribution in [0, 0.1) is 0 Å². The summed E-state index contributed by atoms with van der Waals surface area (Å²) in [5.74, 6) is -0.860. The number of carbonyl (C=O) groups is 3. The Morgan fingerprint density at radius 2 is 1.41 bits per heavy atom. The van der Waals surface area contributed by atoms with Crippen LogP contribution in [0.25, 0.3) is 0 Å². The van der Waals surface area contributed by atoms with Crippen LogP contribution in [-0.4, -0.2) is 84.2 Å². The molecule has 0 heterocycles. The van der Waals surface area contributed by atoms with E-state index < -0.39 is 35.5 Å². The summed E-state index contributed by atoms with van der Waals surface area (Å²) in [5.41, 5.74) is -1.34. The number of amides is 2. The van der Waals surface area contributed by atoms with Gasteiger partial charge in [-0.1, -0.05) is 0 Å². The second-order valence-corrected chi connectivity index (χ2v) is 8.66. The Balaban J connectivity index is 4.70. The van der Waals surface area contributed by atoms with Crippen molar-refractivity contribution < 1.29 is 38.7 Å². The molecule has 2 amide bonds. The Kier molecular flexibility index (Phi) is 11.0. The number of likely N-dealkylation sites (N-methyl/N-ethyl adjacent to an activating group) is 2. The molecule has 0 spiro atoms. The van der Waals surface area contributed by atoms with Crippen molar-refractivity contribution in [2.24, 2.45) is 0 Å². The van der Waals surface area contributed by atoms with E-state index in [1.54, 1.807) is 48.6 Å². The van der Waals surface area contributed by atoms with Gasteiger partial charge in [-0.25, -0.2) is 14.4 Å². The van der Waals surface area contributed by atoms with Gasteiger partial charge in [0.2, 0.25) is 6.10 Å². The molecule has 1 atom stereocenters. The van der Waals surface area contributed by atoms with E-state index in [0.29, 0.717) is 0 Å². The van der Waals surface area contributed by atoms with Crippen molar-refractivity contribution in [2.75, 3.05) is 33.8 Å². The van der Waals surface area contributed by atoms with Gasteiger partial charge in [0.25, 0.3) is 0 Å². The first-order valence-corrected chi connectivity index (χ1v) is 9.52. The lowest BCUT2D eigenvalue weighted by atomic mass is 10.2. The van der Waals surface area contributed by atoms with Gasteiger partial charge in [-0.3, -0.25) is 4.89 Å². The van der Waals surface area contributed by atoms with E-state index in [-0.39, 0.29) is 32.5 Å². The average Bonchev–Trinajstić information content (AvgIpc) is 2.58. The summed E-state index contributed by atoms with van der Waals surface area (Å²) in [6.45, 7) is 10.6. The first-order valence-electron chi connectivity index (χ1n) is 9.52. The molecular weight excluding hydrogens is 384 g/mol. The summed E-state index contributed by atoms with van der Waals surface area (Å²) in [5, 5.41) is 8.99. The second-order valence-electron chi connectivity index (χ2n) is 8.66.